The van der Waals surface area contributed by atoms with Gasteiger partial charge in [0.1, 0.15) is 5.60 Å². The van der Waals surface area contributed by atoms with Crippen LogP contribution >= 0.6 is 0 Å². The molecule has 0 aromatic heterocycles. The van der Waals surface area contributed by atoms with Gasteiger partial charge < -0.3 is 19.2 Å². The van der Waals surface area contributed by atoms with Crippen LogP contribution in [0.15, 0.2) is 0 Å². The number of hydrogen-bond donors (Lipinski definition) is 1. The number of nitrogens with two attached hydrogens (primary N) is 1. The summed E-state index contributed by atoms with van der Waals surface area (Å²) in [4.78, 5) is 21.2. The molecule has 0 aromatic rings. The summed E-state index contributed by atoms with van der Waals surface area (Å²) in [5.74, 6) is 5.21. The normalized spacial score (nSPS) is 27.9. The molecule has 0 aliphatic carbocycles. The molecule has 2 N–H and O–H groups in total. The molecule has 2 heterocycles. The van der Waals surface area contributed by atoms with E-state index in [1.807, 2.05) is 20.8 Å². The Labute approximate surface area is 126 Å². The highest BCUT2D eigenvalue weighted by molar-refractivity contribution is 5.69. The van der Waals surface area contributed by atoms with Crippen LogP contribution in [0.4, 0.5) is 4.79 Å². The van der Waals surface area contributed by atoms with Crippen molar-refractivity contribution in [3.05, 3.63) is 0 Å². The number of ether oxygens (including phenoxy) is 2. The summed E-state index contributed by atoms with van der Waals surface area (Å²) in [7, 11) is 0. The summed E-state index contributed by atoms with van der Waals surface area (Å²) in [6.45, 7) is 9.91. The Morgan fingerprint density at radius 1 is 1.33 bits per heavy atom. The number of carbonyl (C=O) groups is 1. The molecule has 1 amide bonds. The lowest BCUT2D eigenvalue weighted by atomic mass is 10.1. The first-order valence-electron chi connectivity index (χ1n) is 7.54. The van der Waals surface area contributed by atoms with Crippen LogP contribution < -0.4 is 5.90 Å². The van der Waals surface area contributed by atoms with Crippen molar-refractivity contribution < 1.29 is 19.1 Å². The third-order valence-corrected chi connectivity index (χ3v) is 3.87. The van der Waals surface area contributed by atoms with Gasteiger partial charge in [0.05, 0.1) is 25.9 Å². The highest BCUT2D eigenvalue weighted by Crippen LogP contribution is 2.25. The number of morpholine rings is 1. The Kier molecular flexibility index (Phi) is 5.43. The summed E-state index contributed by atoms with van der Waals surface area (Å²) in [6.07, 6.45) is 0.566. The summed E-state index contributed by atoms with van der Waals surface area (Å²) in [6, 6.07) is 0.291. The zero-order valence-electron chi connectivity index (χ0n) is 13.2. The number of rotatable bonds is 3. The van der Waals surface area contributed by atoms with Crippen molar-refractivity contribution in [1.29, 1.82) is 0 Å². The van der Waals surface area contributed by atoms with Crippen molar-refractivity contribution in [2.75, 3.05) is 39.5 Å². The molecular formula is C14H27N3O4. The lowest BCUT2D eigenvalue weighted by Crippen LogP contribution is -2.46. The Hall–Kier alpha value is -0.890. The van der Waals surface area contributed by atoms with Gasteiger partial charge in [-0.3, -0.25) is 4.90 Å². The lowest BCUT2D eigenvalue weighted by Gasteiger charge is -2.32. The number of nitrogens with zero attached hydrogens (tertiary/aromatic N) is 2. The fraction of sp³-hybridized carbons (Fsp3) is 0.929. The van der Waals surface area contributed by atoms with Crippen LogP contribution in [0.5, 0.6) is 0 Å². The van der Waals surface area contributed by atoms with Gasteiger partial charge in [0, 0.05) is 25.7 Å². The van der Waals surface area contributed by atoms with E-state index >= 15 is 0 Å². The summed E-state index contributed by atoms with van der Waals surface area (Å²) >= 11 is 0. The molecule has 0 unspecified atom stereocenters. The monoisotopic (exact) mass is 301 g/mol. The third kappa shape index (κ3) is 4.54. The Balaban J connectivity index is 1.99. The largest absolute Gasteiger partial charge is 0.444 e. The maximum absolute atomic E-state index is 12.3. The Bertz CT molecular complexity index is 353. The second-order valence-corrected chi connectivity index (χ2v) is 6.66. The van der Waals surface area contributed by atoms with Crippen molar-refractivity contribution in [1.82, 2.24) is 9.80 Å². The van der Waals surface area contributed by atoms with Crippen molar-refractivity contribution in [3.8, 4) is 0 Å². The van der Waals surface area contributed by atoms with Crippen LogP contribution in [0.1, 0.15) is 27.2 Å². The zero-order chi connectivity index (χ0) is 15.5. The average molecular weight is 301 g/mol. The second-order valence-electron chi connectivity index (χ2n) is 6.66. The molecule has 2 atom stereocenters. The minimum atomic E-state index is -0.498. The van der Waals surface area contributed by atoms with Crippen molar-refractivity contribution in [2.45, 2.75) is 44.9 Å². The van der Waals surface area contributed by atoms with Gasteiger partial charge in [0.2, 0.25) is 0 Å². The quantitative estimate of drug-likeness (QED) is 0.769. The molecule has 122 valence electrons. The fourth-order valence-electron chi connectivity index (χ4n) is 2.91. The van der Waals surface area contributed by atoms with E-state index in [9.17, 15) is 4.79 Å². The molecule has 7 nitrogen and oxygen atoms in total. The second kappa shape index (κ2) is 6.91. The summed E-state index contributed by atoms with van der Waals surface area (Å²) < 4.78 is 10.9. The first kappa shape index (κ1) is 16.5. The predicted molar refractivity (Wildman–Crippen MR) is 77.7 cm³/mol. The van der Waals surface area contributed by atoms with E-state index in [0.29, 0.717) is 19.2 Å². The smallest absolute Gasteiger partial charge is 0.410 e. The summed E-state index contributed by atoms with van der Waals surface area (Å²) in [5, 5.41) is 0. The van der Waals surface area contributed by atoms with Gasteiger partial charge in [-0.25, -0.2) is 10.7 Å². The molecule has 2 saturated heterocycles. The van der Waals surface area contributed by atoms with Gasteiger partial charge in [-0.1, -0.05) is 0 Å². The molecule has 2 aliphatic heterocycles. The van der Waals surface area contributed by atoms with Crippen LogP contribution in [-0.4, -0.2) is 73.0 Å². The number of carbonyl (C=O) groups excluding carboxylic acids is 1. The Morgan fingerprint density at radius 3 is 2.57 bits per heavy atom. The van der Waals surface area contributed by atoms with Gasteiger partial charge >= 0.3 is 6.09 Å². The lowest BCUT2D eigenvalue weighted by molar-refractivity contribution is 0.00719. The highest BCUT2D eigenvalue weighted by atomic mass is 16.6. The van der Waals surface area contributed by atoms with Crippen LogP contribution in [0.25, 0.3) is 0 Å². The average Bonchev–Trinajstić information content (AvgIpc) is 2.82. The third-order valence-electron chi connectivity index (χ3n) is 3.87. The minimum absolute atomic E-state index is 0.0299. The first-order chi connectivity index (χ1) is 9.90. The molecule has 0 aromatic carbocycles. The van der Waals surface area contributed by atoms with Gasteiger partial charge in [-0.15, -0.1) is 0 Å². The van der Waals surface area contributed by atoms with Crippen LogP contribution in [0.3, 0.4) is 0 Å². The molecule has 0 bridgehead atoms. The fourth-order valence-corrected chi connectivity index (χ4v) is 2.91. The Morgan fingerprint density at radius 2 is 2.00 bits per heavy atom. The molecule has 2 aliphatic rings. The molecular weight excluding hydrogens is 274 g/mol. The standard InChI is InChI=1S/C14H27N3O4/c1-14(2,3)21-13(18)17-9-11(8-12(17)10-20-15)16-4-6-19-7-5-16/h11-12H,4-10,15H2,1-3H3/t11-,12+/m0/s1. The maximum Gasteiger partial charge on any atom is 0.410 e. The topological polar surface area (TPSA) is 77.3 Å². The van der Waals surface area contributed by atoms with Crippen molar-refractivity contribution in [3.63, 3.8) is 0 Å². The molecule has 2 rings (SSSR count). The molecule has 0 spiro atoms. The number of hydrogen-bond acceptors (Lipinski definition) is 6. The zero-order valence-corrected chi connectivity index (χ0v) is 13.2. The first-order valence-corrected chi connectivity index (χ1v) is 7.54. The van der Waals surface area contributed by atoms with Gasteiger partial charge in [-0.05, 0) is 27.2 Å². The van der Waals surface area contributed by atoms with Crippen molar-refractivity contribution in [2.24, 2.45) is 5.90 Å². The van der Waals surface area contributed by atoms with Crippen molar-refractivity contribution >= 4 is 6.09 Å². The van der Waals surface area contributed by atoms with Crippen LogP contribution in [0, 0.1) is 0 Å². The van der Waals surface area contributed by atoms with Gasteiger partial charge in [0.15, 0.2) is 0 Å². The van der Waals surface area contributed by atoms with E-state index in [4.69, 9.17) is 20.2 Å². The number of amides is 1. The van der Waals surface area contributed by atoms with E-state index in [2.05, 4.69) is 4.90 Å². The van der Waals surface area contributed by atoms with Gasteiger partial charge in [0.25, 0.3) is 0 Å². The van der Waals surface area contributed by atoms with E-state index in [1.165, 1.54) is 0 Å². The molecule has 7 heteroatoms. The molecule has 2 fully saturated rings. The van der Waals surface area contributed by atoms with E-state index in [-0.39, 0.29) is 12.1 Å². The SMILES string of the molecule is CC(C)(C)OC(=O)N1C[C@@H](N2CCOCC2)C[C@@H]1CON. The van der Waals surface area contributed by atoms with Gasteiger partial charge in [-0.2, -0.15) is 0 Å². The van der Waals surface area contributed by atoms with E-state index < -0.39 is 5.60 Å². The molecule has 21 heavy (non-hydrogen) atoms. The predicted octanol–water partition coefficient (Wildman–Crippen LogP) is 0.587. The van der Waals surface area contributed by atoms with E-state index in [0.717, 1.165) is 32.7 Å². The maximum atomic E-state index is 12.3. The van der Waals surface area contributed by atoms with E-state index in [1.54, 1.807) is 4.90 Å². The molecule has 0 saturated carbocycles. The number of likely N-dealkylation sites (tertiary alicyclic amines) is 1. The van der Waals surface area contributed by atoms with Crippen LogP contribution in [-0.2, 0) is 14.3 Å². The summed E-state index contributed by atoms with van der Waals surface area (Å²) in [5.41, 5.74) is -0.498. The molecule has 0 radical (unpaired) electrons. The minimum Gasteiger partial charge on any atom is -0.444 e. The van der Waals surface area contributed by atoms with Crippen LogP contribution in [0.2, 0.25) is 0 Å². The highest BCUT2D eigenvalue weighted by Gasteiger charge is 2.40.